The molecule has 7 N–H and O–H groups in total. The highest BCUT2D eigenvalue weighted by Crippen LogP contribution is 2.45. The molecule has 1 fully saturated rings. The van der Waals surface area contributed by atoms with Crippen LogP contribution in [0.1, 0.15) is 13.2 Å². The molecule has 0 bridgehead atoms. The lowest BCUT2D eigenvalue weighted by Crippen LogP contribution is -2.34. The summed E-state index contributed by atoms with van der Waals surface area (Å²) in [6.07, 6.45) is -3.97. The molecule has 1 saturated heterocycles. The summed E-state index contributed by atoms with van der Waals surface area (Å²) in [5.41, 5.74) is 5.35. The number of rotatable bonds is 14. The van der Waals surface area contributed by atoms with E-state index >= 15 is 0 Å². The van der Waals surface area contributed by atoms with E-state index in [0.717, 1.165) is 0 Å². The van der Waals surface area contributed by atoms with Gasteiger partial charge in [0, 0.05) is 11.5 Å². The maximum atomic E-state index is 12.2. The van der Waals surface area contributed by atoms with E-state index < -0.39 is 52.4 Å². The Kier molecular flexibility index (Phi) is 10.3. The van der Waals surface area contributed by atoms with Gasteiger partial charge < -0.3 is 30.5 Å². The highest BCUT2D eigenvalue weighted by molar-refractivity contribution is 7.99. The first-order valence-corrected chi connectivity index (χ1v) is 15.1. The maximum Gasteiger partial charge on any atom is 0.472 e. The minimum atomic E-state index is -4.53. The molecule has 6 atom stereocenters. The molecule has 0 aliphatic carbocycles. The average molecular weight is 590 g/mol. The Hall–Kier alpha value is -1.40. The van der Waals surface area contributed by atoms with Crippen LogP contribution in [0.2, 0.25) is 0 Å². The largest absolute Gasteiger partial charge is 0.472 e. The molecule has 2 aromatic rings. The van der Waals surface area contributed by atoms with Crippen molar-refractivity contribution in [3.63, 3.8) is 0 Å². The number of nitrogens with one attached hydrogen (secondary N) is 1. The Morgan fingerprint density at radius 2 is 1.78 bits per heavy atom. The van der Waals surface area contributed by atoms with Gasteiger partial charge in [0.25, 0.3) is 11.2 Å². The number of nitrogens with two attached hydrogens (primary N) is 1. The Labute approximate surface area is 214 Å². The average Bonchev–Trinajstić information content (AvgIpc) is 3.27. The zero-order valence-corrected chi connectivity index (χ0v) is 22.5. The second-order valence-corrected chi connectivity index (χ2v) is 11.9. The molecular formula is C17H30N5O12P2S+. The first-order chi connectivity index (χ1) is 17.3. The molecule has 3 heterocycles. The van der Waals surface area contributed by atoms with Crippen LogP contribution in [-0.4, -0.2) is 90.8 Å². The van der Waals surface area contributed by atoms with E-state index in [2.05, 4.69) is 14.5 Å². The number of phosphoric acid groups is 2. The molecule has 0 aromatic carbocycles. The molecule has 210 valence electrons. The second kappa shape index (κ2) is 12.6. The number of thioether (sulfide) groups is 1. The molecule has 2 unspecified atom stereocenters. The SMILES string of the molecule is CCOP(=O)(O)OCCSCCOP(=O)(O)OC[C@H]1O[C@@H](n2c[n+](C)c3c(=O)[nH]c(N)nc32)[C@H](O)[C@@H]1O. The number of aromatic nitrogens is 4. The number of aliphatic hydroxyl groups is 2. The number of ether oxygens (including phenoxy) is 1. The molecule has 17 nitrogen and oxygen atoms in total. The topological polar surface area (TPSA) is 242 Å². The summed E-state index contributed by atoms with van der Waals surface area (Å²) >= 11 is 1.23. The Morgan fingerprint density at radius 1 is 1.16 bits per heavy atom. The van der Waals surface area contributed by atoms with Gasteiger partial charge in [-0.15, -0.1) is 0 Å². The van der Waals surface area contributed by atoms with Crippen LogP contribution in [0, 0.1) is 0 Å². The van der Waals surface area contributed by atoms with E-state index in [9.17, 15) is 33.9 Å². The highest BCUT2D eigenvalue weighted by atomic mass is 32.2. The molecule has 0 spiro atoms. The normalized spacial score (nSPS) is 25.4. The van der Waals surface area contributed by atoms with Gasteiger partial charge >= 0.3 is 21.2 Å². The van der Waals surface area contributed by atoms with Gasteiger partial charge in [-0.2, -0.15) is 21.3 Å². The lowest BCUT2D eigenvalue weighted by atomic mass is 10.1. The number of phosphoric ester groups is 2. The number of hydrogen-bond donors (Lipinski definition) is 6. The number of fused-ring (bicyclic) bond motifs is 1. The predicted octanol–water partition coefficient (Wildman–Crippen LogP) is -1.23. The van der Waals surface area contributed by atoms with Gasteiger partial charge in [0.2, 0.25) is 18.5 Å². The summed E-state index contributed by atoms with van der Waals surface area (Å²) in [4.78, 5) is 37.8. The molecule has 2 aromatic heterocycles. The first kappa shape index (κ1) is 30.1. The van der Waals surface area contributed by atoms with E-state index in [-0.39, 0.29) is 42.7 Å². The van der Waals surface area contributed by atoms with E-state index in [4.69, 9.17) is 24.0 Å². The minimum absolute atomic E-state index is 0.0263. The van der Waals surface area contributed by atoms with Crippen LogP contribution >= 0.6 is 27.4 Å². The van der Waals surface area contributed by atoms with Crippen molar-refractivity contribution in [2.45, 2.75) is 31.5 Å². The van der Waals surface area contributed by atoms with Crippen molar-refractivity contribution in [3.8, 4) is 0 Å². The third-order valence-corrected chi connectivity index (χ3v) is 8.05. The summed E-state index contributed by atoms with van der Waals surface area (Å²) in [5.74, 6) is 0.392. The number of aromatic amines is 1. The van der Waals surface area contributed by atoms with Gasteiger partial charge in [-0.25, -0.2) is 13.7 Å². The van der Waals surface area contributed by atoms with E-state index in [1.54, 1.807) is 14.0 Å². The second-order valence-electron chi connectivity index (χ2n) is 7.73. The number of H-pyrrole nitrogens is 1. The monoisotopic (exact) mass is 590 g/mol. The maximum absolute atomic E-state index is 12.2. The van der Waals surface area contributed by atoms with Gasteiger partial charge in [-0.1, -0.05) is 0 Å². The molecule has 37 heavy (non-hydrogen) atoms. The van der Waals surface area contributed by atoms with Crippen LogP contribution in [0.5, 0.6) is 0 Å². The summed E-state index contributed by atoms with van der Waals surface area (Å²) < 4.78 is 51.0. The smallest absolute Gasteiger partial charge is 0.387 e. The van der Waals surface area contributed by atoms with Gasteiger partial charge in [-0.3, -0.25) is 27.9 Å². The Balaban J connectivity index is 1.48. The molecular weight excluding hydrogens is 560 g/mol. The third kappa shape index (κ3) is 7.81. The number of aliphatic hydroxyl groups excluding tert-OH is 2. The summed E-state index contributed by atoms with van der Waals surface area (Å²) in [6.45, 7) is 0.729. The van der Waals surface area contributed by atoms with Crippen LogP contribution in [0.4, 0.5) is 5.95 Å². The zero-order valence-electron chi connectivity index (χ0n) is 19.9. The highest BCUT2D eigenvalue weighted by Gasteiger charge is 2.48. The first-order valence-electron chi connectivity index (χ1n) is 10.9. The number of anilines is 1. The molecule has 0 saturated carbocycles. The van der Waals surface area contributed by atoms with E-state index in [1.165, 1.54) is 27.2 Å². The van der Waals surface area contributed by atoms with E-state index in [1.807, 2.05) is 0 Å². The fourth-order valence-electron chi connectivity index (χ4n) is 3.48. The molecule has 1 aliphatic rings. The number of hydrogen-bond acceptors (Lipinski definition) is 13. The summed E-state index contributed by atoms with van der Waals surface area (Å²) in [6, 6.07) is 0. The van der Waals surface area contributed by atoms with Crippen molar-refractivity contribution >= 4 is 44.5 Å². The lowest BCUT2D eigenvalue weighted by molar-refractivity contribution is -0.646. The summed E-state index contributed by atoms with van der Waals surface area (Å²) in [5, 5.41) is 20.9. The van der Waals surface area contributed by atoms with Crippen molar-refractivity contribution in [1.29, 1.82) is 0 Å². The number of aryl methyl sites for hydroxylation is 1. The van der Waals surface area contributed by atoms with Crippen molar-refractivity contribution in [3.05, 3.63) is 16.7 Å². The van der Waals surface area contributed by atoms with Crippen LogP contribution in [-0.2, 0) is 39.0 Å². The van der Waals surface area contributed by atoms with Gasteiger partial charge in [0.05, 0.1) is 33.5 Å². The fourth-order valence-corrected chi connectivity index (χ4v) is 5.79. The van der Waals surface area contributed by atoms with Crippen LogP contribution in [0.3, 0.4) is 0 Å². The molecule has 20 heteroatoms. The van der Waals surface area contributed by atoms with Crippen molar-refractivity contribution in [2.75, 3.05) is 43.7 Å². The Morgan fingerprint density at radius 3 is 2.41 bits per heavy atom. The lowest BCUT2D eigenvalue weighted by Gasteiger charge is -2.17. The standard InChI is InChI=1S/C17H29N5O12P2S/c1-3-30-35(26,27)31-4-6-37-7-5-32-36(28,29)33-8-10-12(23)13(24)16(34-10)22-9-21(2)11-14(22)19-17(18)20-15(11)25/h9-10,12-13,16,23-24H,3-8H2,1-2H3,(H4-,18,19,20,25,26,27,28,29)/p+1/t10-,12-,13-,16-/m1/s1. The van der Waals surface area contributed by atoms with Gasteiger partial charge in [0.15, 0.2) is 0 Å². The fraction of sp³-hybridized carbons (Fsp3) is 0.706. The van der Waals surface area contributed by atoms with Gasteiger partial charge in [-0.05, 0) is 6.92 Å². The molecule has 3 rings (SSSR count). The number of nitrogens with zero attached hydrogens (tertiary/aromatic N) is 3. The zero-order chi connectivity index (χ0) is 27.4. The van der Waals surface area contributed by atoms with Crippen LogP contribution in [0.25, 0.3) is 11.2 Å². The van der Waals surface area contributed by atoms with Crippen molar-refractivity contribution in [2.24, 2.45) is 7.05 Å². The predicted molar refractivity (Wildman–Crippen MR) is 128 cm³/mol. The van der Waals surface area contributed by atoms with Crippen molar-refractivity contribution < 1.29 is 56.5 Å². The van der Waals surface area contributed by atoms with Gasteiger partial charge in [0.1, 0.15) is 18.3 Å². The minimum Gasteiger partial charge on any atom is -0.387 e. The van der Waals surface area contributed by atoms with Crippen molar-refractivity contribution in [1.82, 2.24) is 14.5 Å². The number of imidazole rings is 1. The Bertz CT molecular complexity index is 1230. The van der Waals surface area contributed by atoms with Crippen LogP contribution in [0.15, 0.2) is 11.1 Å². The molecule has 0 amide bonds. The quantitative estimate of drug-likeness (QED) is 0.0857. The molecule has 1 aliphatic heterocycles. The summed E-state index contributed by atoms with van der Waals surface area (Å²) in [7, 11) is -7.03. The third-order valence-electron chi connectivity index (χ3n) is 5.06. The van der Waals surface area contributed by atoms with E-state index in [0.29, 0.717) is 5.75 Å². The number of nitrogen functional groups attached to an aromatic ring is 1. The molecule has 0 radical (unpaired) electrons. The van der Waals surface area contributed by atoms with Crippen LogP contribution < -0.4 is 15.9 Å².